The number of aromatic nitrogens is 2. The van der Waals surface area contributed by atoms with E-state index in [9.17, 15) is 4.79 Å². The zero-order chi connectivity index (χ0) is 17.8. The van der Waals surface area contributed by atoms with E-state index in [4.69, 9.17) is 4.98 Å². The fourth-order valence-electron chi connectivity index (χ4n) is 4.13. The van der Waals surface area contributed by atoms with Gasteiger partial charge in [0.15, 0.2) is 0 Å². The number of fused-ring (bicyclic) bond motifs is 1. The van der Waals surface area contributed by atoms with Gasteiger partial charge in [0.2, 0.25) is 0 Å². The summed E-state index contributed by atoms with van der Waals surface area (Å²) in [7, 11) is 0. The number of rotatable bonds is 5. The molecule has 0 radical (unpaired) electrons. The largest absolute Gasteiger partial charge is 0.349 e. The van der Waals surface area contributed by atoms with Crippen molar-refractivity contribution < 1.29 is 4.79 Å². The summed E-state index contributed by atoms with van der Waals surface area (Å²) in [5.41, 5.74) is 2.83. The van der Waals surface area contributed by atoms with Gasteiger partial charge in [0, 0.05) is 25.2 Å². The average Bonchev–Trinajstić information content (AvgIpc) is 3.24. The van der Waals surface area contributed by atoms with Crippen LogP contribution < -0.4 is 5.32 Å². The van der Waals surface area contributed by atoms with Gasteiger partial charge in [0.25, 0.3) is 5.91 Å². The third-order valence-corrected chi connectivity index (χ3v) is 5.53. The fraction of sp³-hybridized carbons (Fsp3) is 0.524. The molecule has 5 nitrogen and oxygen atoms in total. The van der Waals surface area contributed by atoms with E-state index in [1.54, 1.807) is 0 Å². The Labute approximate surface area is 155 Å². The van der Waals surface area contributed by atoms with E-state index in [1.165, 1.54) is 19.3 Å². The number of carbonyl (C=O) groups excluding carboxylic acids is 1. The first kappa shape index (κ1) is 17.3. The van der Waals surface area contributed by atoms with Crippen molar-refractivity contribution in [2.45, 2.75) is 45.1 Å². The molecule has 0 aliphatic carbocycles. The molecule has 1 aromatic carbocycles. The number of carbonyl (C=O) groups is 1. The van der Waals surface area contributed by atoms with Gasteiger partial charge in [0.1, 0.15) is 11.5 Å². The minimum Gasteiger partial charge on any atom is -0.349 e. The van der Waals surface area contributed by atoms with Crippen LogP contribution in [0.1, 0.15) is 48.3 Å². The maximum absolute atomic E-state index is 12.8. The topological polar surface area (TPSA) is 50.2 Å². The lowest BCUT2D eigenvalue weighted by Crippen LogP contribution is -2.34. The summed E-state index contributed by atoms with van der Waals surface area (Å²) in [4.78, 5) is 20.1. The van der Waals surface area contributed by atoms with Crippen molar-refractivity contribution in [1.82, 2.24) is 19.8 Å². The second kappa shape index (κ2) is 8.04. The van der Waals surface area contributed by atoms with Gasteiger partial charge >= 0.3 is 0 Å². The van der Waals surface area contributed by atoms with Crippen LogP contribution in [0.25, 0.3) is 11.4 Å². The molecule has 2 aliphatic heterocycles. The number of imidazole rings is 1. The molecule has 0 bridgehead atoms. The van der Waals surface area contributed by atoms with Gasteiger partial charge in [-0.1, -0.05) is 36.8 Å². The Hall–Kier alpha value is -2.14. The molecular weight excluding hydrogens is 324 g/mol. The highest BCUT2D eigenvalue weighted by Gasteiger charge is 2.24. The lowest BCUT2D eigenvalue weighted by Gasteiger charge is -2.14. The van der Waals surface area contributed by atoms with E-state index in [1.807, 2.05) is 18.2 Å². The molecule has 0 spiro atoms. The van der Waals surface area contributed by atoms with Gasteiger partial charge in [-0.15, -0.1) is 0 Å². The number of likely N-dealkylation sites (tertiary alicyclic amines) is 1. The van der Waals surface area contributed by atoms with Crippen molar-refractivity contribution in [3.63, 3.8) is 0 Å². The maximum atomic E-state index is 12.8. The van der Waals surface area contributed by atoms with Crippen LogP contribution in [0.4, 0.5) is 0 Å². The van der Waals surface area contributed by atoms with E-state index >= 15 is 0 Å². The van der Waals surface area contributed by atoms with Crippen molar-refractivity contribution in [1.29, 1.82) is 0 Å². The normalized spacial score (nSPS) is 17.7. The van der Waals surface area contributed by atoms with Crippen LogP contribution in [0, 0.1) is 0 Å². The van der Waals surface area contributed by atoms with Gasteiger partial charge in [-0.25, -0.2) is 4.98 Å². The molecule has 0 atom stereocenters. The van der Waals surface area contributed by atoms with E-state index in [0.29, 0.717) is 12.2 Å². The first-order chi connectivity index (χ1) is 12.8. The molecule has 0 unspecified atom stereocenters. The van der Waals surface area contributed by atoms with Crippen molar-refractivity contribution in [2.75, 3.05) is 26.2 Å². The molecule has 1 N–H and O–H groups in total. The highest BCUT2D eigenvalue weighted by atomic mass is 16.1. The lowest BCUT2D eigenvalue weighted by atomic mass is 10.1. The Morgan fingerprint density at radius 3 is 2.58 bits per heavy atom. The summed E-state index contributed by atoms with van der Waals surface area (Å²) >= 11 is 0. The van der Waals surface area contributed by atoms with Crippen molar-refractivity contribution >= 4 is 5.91 Å². The Bertz CT molecular complexity index is 747. The summed E-state index contributed by atoms with van der Waals surface area (Å²) in [6, 6.07) is 10.2. The quantitative estimate of drug-likeness (QED) is 0.900. The molecule has 138 valence electrons. The number of nitrogens with zero attached hydrogens (tertiary/aromatic N) is 3. The Morgan fingerprint density at radius 1 is 1.00 bits per heavy atom. The van der Waals surface area contributed by atoms with Crippen molar-refractivity contribution in [2.24, 2.45) is 0 Å². The average molecular weight is 352 g/mol. The van der Waals surface area contributed by atoms with Gasteiger partial charge in [0.05, 0.1) is 5.69 Å². The molecule has 5 heteroatoms. The number of hydrogen-bond donors (Lipinski definition) is 1. The predicted molar refractivity (Wildman–Crippen MR) is 103 cm³/mol. The molecule has 26 heavy (non-hydrogen) atoms. The summed E-state index contributed by atoms with van der Waals surface area (Å²) in [5, 5.41) is 3.10. The van der Waals surface area contributed by atoms with Crippen molar-refractivity contribution in [3.8, 4) is 11.4 Å². The van der Waals surface area contributed by atoms with Crippen molar-refractivity contribution in [3.05, 3.63) is 41.7 Å². The van der Waals surface area contributed by atoms with Gasteiger partial charge in [-0.3, -0.25) is 4.79 Å². The third-order valence-electron chi connectivity index (χ3n) is 5.53. The van der Waals surface area contributed by atoms with E-state index in [0.717, 1.165) is 62.5 Å². The first-order valence-electron chi connectivity index (χ1n) is 9.98. The number of nitrogens with one attached hydrogen (secondary N) is 1. The van der Waals surface area contributed by atoms with Crippen LogP contribution in [-0.4, -0.2) is 46.5 Å². The first-order valence-corrected chi connectivity index (χ1v) is 9.98. The minimum atomic E-state index is -0.0166. The molecule has 4 rings (SSSR count). The van der Waals surface area contributed by atoms with Gasteiger partial charge < -0.3 is 14.8 Å². The number of amides is 1. The molecule has 1 saturated heterocycles. The summed E-state index contributed by atoms with van der Waals surface area (Å²) < 4.78 is 2.28. The number of benzene rings is 1. The Kier molecular flexibility index (Phi) is 5.34. The standard InChI is InChI=1S/C21H28N4O/c26-21(22-12-16-24-13-7-8-14-24)19-18-11-5-2-6-15-25(18)20(23-19)17-9-3-1-4-10-17/h1,3-4,9-10H,2,5-8,11-16H2,(H,22,26). The van der Waals surface area contributed by atoms with Gasteiger partial charge in [-0.2, -0.15) is 0 Å². The molecule has 0 saturated carbocycles. The second-order valence-electron chi connectivity index (χ2n) is 7.36. The molecule has 1 amide bonds. The van der Waals surface area contributed by atoms with Crippen LogP contribution >= 0.6 is 0 Å². The smallest absolute Gasteiger partial charge is 0.271 e. The highest BCUT2D eigenvalue weighted by molar-refractivity contribution is 5.94. The second-order valence-corrected chi connectivity index (χ2v) is 7.36. The molecular formula is C21H28N4O. The van der Waals surface area contributed by atoms with Crippen LogP contribution in [0.15, 0.2) is 30.3 Å². The van der Waals surface area contributed by atoms with E-state index in [-0.39, 0.29) is 5.91 Å². The SMILES string of the molecule is O=C(NCCN1CCCC1)c1nc(-c2ccccc2)n2c1CCCCC2. The van der Waals surface area contributed by atoms with Crippen LogP contribution in [-0.2, 0) is 13.0 Å². The van der Waals surface area contributed by atoms with Gasteiger partial charge in [-0.05, 0) is 45.2 Å². The molecule has 1 aromatic heterocycles. The third kappa shape index (κ3) is 3.68. The highest BCUT2D eigenvalue weighted by Crippen LogP contribution is 2.27. The van der Waals surface area contributed by atoms with E-state index in [2.05, 4.69) is 26.9 Å². The molecule has 2 aliphatic rings. The summed E-state index contributed by atoms with van der Waals surface area (Å²) in [5.74, 6) is 0.921. The Morgan fingerprint density at radius 2 is 1.77 bits per heavy atom. The predicted octanol–water partition coefficient (Wildman–Crippen LogP) is 3.10. The van der Waals surface area contributed by atoms with E-state index < -0.39 is 0 Å². The zero-order valence-corrected chi connectivity index (χ0v) is 15.4. The van der Waals surface area contributed by atoms with Crippen LogP contribution in [0.3, 0.4) is 0 Å². The summed E-state index contributed by atoms with van der Waals surface area (Å²) in [6.07, 6.45) is 7.00. The Balaban J connectivity index is 1.54. The molecule has 1 fully saturated rings. The lowest BCUT2D eigenvalue weighted by molar-refractivity contribution is 0.0944. The fourth-order valence-corrected chi connectivity index (χ4v) is 4.13. The van der Waals surface area contributed by atoms with Crippen LogP contribution in [0.5, 0.6) is 0 Å². The number of hydrogen-bond acceptors (Lipinski definition) is 3. The molecule has 3 heterocycles. The monoisotopic (exact) mass is 352 g/mol. The maximum Gasteiger partial charge on any atom is 0.271 e. The summed E-state index contributed by atoms with van der Waals surface area (Å²) in [6.45, 7) is 4.91. The minimum absolute atomic E-state index is 0.0166. The molecule has 2 aromatic rings. The zero-order valence-electron chi connectivity index (χ0n) is 15.4. The van der Waals surface area contributed by atoms with Crippen LogP contribution in [0.2, 0.25) is 0 Å².